The average molecular weight is 447 g/mol. The fourth-order valence-corrected chi connectivity index (χ4v) is 3.19. The summed E-state index contributed by atoms with van der Waals surface area (Å²) in [7, 11) is 0. The number of nitrogens with zero attached hydrogens (tertiary/aromatic N) is 2. The van der Waals surface area contributed by atoms with E-state index in [4.69, 9.17) is 0 Å². The molecule has 3 aromatic rings. The van der Waals surface area contributed by atoms with Crippen LogP contribution in [0.4, 0.5) is 25.1 Å². The Balaban J connectivity index is 1.53. The minimum Gasteiger partial charge on any atom is -0.308 e. The van der Waals surface area contributed by atoms with Gasteiger partial charge in [0.05, 0.1) is 18.2 Å². The van der Waals surface area contributed by atoms with Crippen molar-refractivity contribution in [2.75, 3.05) is 10.6 Å². The van der Waals surface area contributed by atoms with Crippen molar-refractivity contribution in [3.63, 3.8) is 0 Å². The normalized spacial score (nSPS) is 17.2. The maximum atomic E-state index is 13.5. The lowest BCUT2D eigenvalue weighted by molar-refractivity contribution is 0.111. The molecular formula is C20H17BrF2N4O. The van der Waals surface area contributed by atoms with Gasteiger partial charge in [-0.05, 0) is 29.8 Å². The number of halogens is 3. The van der Waals surface area contributed by atoms with Gasteiger partial charge in [-0.1, -0.05) is 46.3 Å². The van der Waals surface area contributed by atoms with E-state index in [1.54, 1.807) is 16.8 Å². The minimum absolute atomic E-state index is 0.208. The molecule has 2 N–H and O–H groups in total. The fourth-order valence-electron chi connectivity index (χ4n) is 2.93. The summed E-state index contributed by atoms with van der Waals surface area (Å²) < 4.78 is 29.4. The Morgan fingerprint density at radius 1 is 1.14 bits per heavy atom. The van der Waals surface area contributed by atoms with Gasteiger partial charge in [-0.15, -0.1) is 0 Å². The highest BCUT2D eigenvalue weighted by Gasteiger charge is 2.59. The van der Waals surface area contributed by atoms with E-state index in [1.165, 1.54) is 6.07 Å². The van der Waals surface area contributed by atoms with Crippen molar-refractivity contribution < 1.29 is 13.6 Å². The molecule has 0 spiro atoms. The number of aromatic nitrogens is 2. The first-order valence-corrected chi connectivity index (χ1v) is 9.53. The van der Waals surface area contributed by atoms with Gasteiger partial charge >= 0.3 is 6.03 Å². The summed E-state index contributed by atoms with van der Waals surface area (Å²) in [6.45, 7) is 0.368. The number of urea groups is 1. The van der Waals surface area contributed by atoms with Gasteiger partial charge in [0, 0.05) is 22.6 Å². The Hall–Kier alpha value is -2.74. The summed E-state index contributed by atoms with van der Waals surface area (Å²) >= 11 is 3.34. The van der Waals surface area contributed by atoms with Crippen molar-refractivity contribution >= 4 is 33.5 Å². The smallest absolute Gasteiger partial charge is 0.308 e. The predicted molar refractivity (Wildman–Crippen MR) is 107 cm³/mol. The third-order valence-corrected chi connectivity index (χ3v) is 5.03. The number of carbonyl (C=O) groups is 1. The molecule has 0 saturated heterocycles. The maximum absolute atomic E-state index is 13.5. The van der Waals surface area contributed by atoms with Gasteiger partial charge < -0.3 is 5.32 Å². The van der Waals surface area contributed by atoms with Crippen LogP contribution in [0.15, 0.2) is 65.1 Å². The van der Waals surface area contributed by atoms with Gasteiger partial charge in [0.1, 0.15) is 5.82 Å². The SMILES string of the molecule is O=C(Nc1ccc(Br)cc1)Nc1cc(C2CC2(F)F)nn1Cc1ccccc1. The van der Waals surface area contributed by atoms with Crippen molar-refractivity contribution in [3.05, 3.63) is 76.4 Å². The molecule has 8 heteroatoms. The Kier molecular flexibility index (Phi) is 4.89. The molecule has 1 fully saturated rings. The topological polar surface area (TPSA) is 59.0 Å². The lowest BCUT2D eigenvalue weighted by atomic mass is 10.2. The van der Waals surface area contributed by atoms with Gasteiger partial charge in [0.15, 0.2) is 0 Å². The lowest BCUT2D eigenvalue weighted by Crippen LogP contribution is -2.21. The van der Waals surface area contributed by atoms with Gasteiger partial charge in [-0.3, -0.25) is 5.32 Å². The van der Waals surface area contributed by atoms with Crippen LogP contribution in [0.1, 0.15) is 23.6 Å². The number of benzene rings is 2. The molecule has 28 heavy (non-hydrogen) atoms. The fraction of sp³-hybridized carbons (Fsp3) is 0.200. The monoisotopic (exact) mass is 446 g/mol. The molecule has 4 rings (SSSR count). The lowest BCUT2D eigenvalue weighted by Gasteiger charge is -2.10. The Morgan fingerprint density at radius 2 is 1.82 bits per heavy atom. The van der Waals surface area contributed by atoms with Crippen molar-refractivity contribution in [1.29, 1.82) is 0 Å². The van der Waals surface area contributed by atoms with E-state index in [1.807, 2.05) is 42.5 Å². The summed E-state index contributed by atoms with van der Waals surface area (Å²) in [6, 6.07) is 17.7. The molecule has 1 atom stereocenters. The average Bonchev–Trinajstić information content (AvgIpc) is 3.13. The van der Waals surface area contributed by atoms with Crippen molar-refractivity contribution in [2.45, 2.75) is 24.8 Å². The van der Waals surface area contributed by atoms with Crippen LogP contribution in [-0.2, 0) is 6.54 Å². The van der Waals surface area contributed by atoms with Crippen LogP contribution in [0.25, 0.3) is 0 Å². The standard InChI is InChI=1S/C20H17BrF2N4O/c21-14-6-8-15(9-7-14)24-19(28)25-18-10-17(16-11-20(16,22)23)26-27(18)12-13-4-2-1-3-5-13/h1-10,16H,11-12H2,(H2,24,25,28). The van der Waals surface area contributed by atoms with Crippen molar-refractivity contribution in [3.8, 4) is 0 Å². The summed E-state index contributed by atoms with van der Waals surface area (Å²) in [5, 5.41) is 9.76. The second kappa shape index (κ2) is 7.35. The van der Waals surface area contributed by atoms with E-state index in [0.717, 1.165) is 10.0 Å². The first-order chi connectivity index (χ1) is 13.4. The quantitative estimate of drug-likeness (QED) is 0.546. The summed E-state index contributed by atoms with van der Waals surface area (Å²) in [6.07, 6.45) is -0.208. The van der Waals surface area contributed by atoms with Crippen LogP contribution < -0.4 is 10.6 Å². The number of anilines is 2. The molecule has 1 aliphatic rings. The third-order valence-electron chi connectivity index (χ3n) is 4.50. The van der Waals surface area contributed by atoms with E-state index in [2.05, 4.69) is 31.7 Å². The molecule has 1 aliphatic carbocycles. The van der Waals surface area contributed by atoms with Crippen molar-refractivity contribution in [1.82, 2.24) is 9.78 Å². The number of carbonyl (C=O) groups excluding carboxylic acids is 1. The zero-order chi connectivity index (χ0) is 19.7. The first-order valence-electron chi connectivity index (χ1n) is 8.74. The van der Waals surface area contributed by atoms with E-state index in [0.29, 0.717) is 23.7 Å². The Bertz CT molecular complexity index is 989. The first kappa shape index (κ1) is 18.6. The van der Waals surface area contributed by atoms with Crippen LogP contribution in [0.2, 0.25) is 0 Å². The molecule has 0 bridgehead atoms. The van der Waals surface area contributed by atoms with E-state index in [9.17, 15) is 13.6 Å². The summed E-state index contributed by atoms with van der Waals surface area (Å²) in [5.74, 6) is -3.24. The molecule has 144 valence electrons. The maximum Gasteiger partial charge on any atom is 0.324 e. The molecule has 2 aromatic carbocycles. The second-order valence-electron chi connectivity index (χ2n) is 6.70. The number of nitrogens with one attached hydrogen (secondary N) is 2. The van der Waals surface area contributed by atoms with Crippen molar-refractivity contribution in [2.24, 2.45) is 0 Å². The number of hydrogen-bond acceptors (Lipinski definition) is 2. The molecule has 0 radical (unpaired) electrons. The molecule has 1 unspecified atom stereocenters. The molecule has 1 aromatic heterocycles. The molecule has 5 nitrogen and oxygen atoms in total. The van der Waals surface area contributed by atoms with Crippen LogP contribution in [-0.4, -0.2) is 21.7 Å². The largest absolute Gasteiger partial charge is 0.324 e. The van der Waals surface area contributed by atoms with Gasteiger partial charge in [0.2, 0.25) is 0 Å². The highest BCUT2D eigenvalue weighted by molar-refractivity contribution is 9.10. The summed E-state index contributed by atoms with van der Waals surface area (Å²) in [5.41, 5.74) is 1.86. The molecule has 1 saturated carbocycles. The summed E-state index contributed by atoms with van der Waals surface area (Å²) in [4.78, 5) is 12.4. The molecule has 1 heterocycles. The number of hydrogen-bond donors (Lipinski definition) is 2. The zero-order valence-corrected chi connectivity index (χ0v) is 16.3. The molecular weight excluding hydrogens is 430 g/mol. The van der Waals surface area contributed by atoms with E-state index < -0.39 is 17.9 Å². The zero-order valence-electron chi connectivity index (χ0n) is 14.7. The van der Waals surface area contributed by atoms with E-state index >= 15 is 0 Å². The van der Waals surface area contributed by atoms with Crippen LogP contribution in [0, 0.1) is 0 Å². The highest BCUT2D eigenvalue weighted by Crippen LogP contribution is 2.55. The van der Waals surface area contributed by atoms with Gasteiger partial charge in [-0.25, -0.2) is 18.3 Å². The van der Waals surface area contributed by atoms with Gasteiger partial charge in [0.25, 0.3) is 5.92 Å². The van der Waals surface area contributed by atoms with Crippen LogP contribution in [0.3, 0.4) is 0 Å². The van der Waals surface area contributed by atoms with Crippen LogP contribution in [0.5, 0.6) is 0 Å². The Morgan fingerprint density at radius 3 is 2.46 bits per heavy atom. The number of alkyl halides is 2. The second-order valence-corrected chi connectivity index (χ2v) is 7.62. The van der Waals surface area contributed by atoms with E-state index in [-0.39, 0.29) is 6.42 Å². The minimum atomic E-state index is -2.72. The number of amides is 2. The molecule has 0 aliphatic heterocycles. The Labute approximate surface area is 168 Å². The highest BCUT2D eigenvalue weighted by atomic mass is 79.9. The van der Waals surface area contributed by atoms with Gasteiger partial charge in [-0.2, -0.15) is 5.10 Å². The number of rotatable bonds is 5. The van der Waals surface area contributed by atoms with Crippen LogP contribution >= 0.6 is 15.9 Å². The third kappa shape index (κ3) is 4.22. The molecule has 2 amide bonds. The predicted octanol–water partition coefficient (Wildman–Crippen LogP) is 5.46.